The molecule has 17 heavy (non-hydrogen) atoms. The third kappa shape index (κ3) is 6.04. The lowest BCUT2D eigenvalue weighted by atomic mass is 10.0. The molecule has 1 aliphatic carbocycles. The van der Waals surface area contributed by atoms with Crippen LogP contribution < -0.4 is 10.0 Å². The van der Waals surface area contributed by atoms with Crippen molar-refractivity contribution in [3.05, 3.63) is 0 Å². The Morgan fingerprint density at radius 2 is 1.94 bits per heavy atom. The Labute approximate surface area is 110 Å². The monoisotopic (exact) mass is 282 g/mol. The van der Waals surface area contributed by atoms with E-state index in [-0.39, 0.29) is 12.4 Å². The molecule has 6 heteroatoms. The quantitative estimate of drug-likeness (QED) is 0.768. The molecule has 102 valence electrons. The largest absolute Gasteiger partial charge is 0.316 e. The van der Waals surface area contributed by atoms with Gasteiger partial charge < -0.3 is 5.32 Å². The summed E-state index contributed by atoms with van der Waals surface area (Å²) in [6, 6.07) is 0. The summed E-state index contributed by atoms with van der Waals surface area (Å²) in [6.45, 7) is 2.63. The first-order chi connectivity index (χ1) is 7.66. The van der Waals surface area contributed by atoms with Gasteiger partial charge in [0.1, 0.15) is 0 Å². The Morgan fingerprint density at radius 3 is 2.53 bits per heavy atom. The van der Waals surface area contributed by atoms with Crippen LogP contribution in [0.3, 0.4) is 0 Å². The van der Waals surface area contributed by atoms with Crippen molar-refractivity contribution in [2.24, 2.45) is 11.8 Å². The zero-order valence-corrected chi connectivity index (χ0v) is 11.8. The molecule has 0 aromatic rings. The van der Waals surface area contributed by atoms with Crippen molar-refractivity contribution >= 4 is 22.4 Å². The van der Waals surface area contributed by atoms with Crippen molar-refractivity contribution in [3.8, 4) is 0 Å². The van der Waals surface area contributed by atoms with Gasteiger partial charge in [0.2, 0.25) is 10.0 Å². The smallest absolute Gasteiger partial charge is 0.211 e. The predicted molar refractivity (Wildman–Crippen MR) is 72.0 cm³/mol. The van der Waals surface area contributed by atoms with Crippen LogP contribution in [0.25, 0.3) is 0 Å². The minimum absolute atomic E-state index is 0. The molecule has 0 spiro atoms. The number of hydrogen-bond donors (Lipinski definition) is 2. The first-order valence-electron chi connectivity index (χ1n) is 6.34. The van der Waals surface area contributed by atoms with E-state index in [2.05, 4.69) is 10.0 Å². The van der Waals surface area contributed by atoms with Gasteiger partial charge >= 0.3 is 0 Å². The number of rotatable bonds is 6. The SMILES string of the molecule is Cl.O=S(=O)(CCC1CC1)NCC1CCCNC1. The topological polar surface area (TPSA) is 58.2 Å². The summed E-state index contributed by atoms with van der Waals surface area (Å²) in [5, 5.41) is 3.30. The van der Waals surface area contributed by atoms with Gasteiger partial charge in [0.05, 0.1) is 5.75 Å². The van der Waals surface area contributed by atoms with E-state index >= 15 is 0 Å². The minimum atomic E-state index is -3.01. The molecule has 0 radical (unpaired) electrons. The summed E-state index contributed by atoms with van der Waals surface area (Å²) in [5.41, 5.74) is 0. The average molecular weight is 283 g/mol. The van der Waals surface area contributed by atoms with Crippen LogP contribution in [0.5, 0.6) is 0 Å². The van der Waals surface area contributed by atoms with Crippen molar-refractivity contribution in [3.63, 3.8) is 0 Å². The van der Waals surface area contributed by atoms with Gasteiger partial charge in [-0.3, -0.25) is 0 Å². The van der Waals surface area contributed by atoms with Crippen molar-refractivity contribution in [1.29, 1.82) is 0 Å². The maximum Gasteiger partial charge on any atom is 0.211 e. The highest BCUT2D eigenvalue weighted by Crippen LogP contribution is 2.32. The van der Waals surface area contributed by atoms with Crippen molar-refractivity contribution in [1.82, 2.24) is 10.0 Å². The molecule has 1 heterocycles. The summed E-state index contributed by atoms with van der Waals surface area (Å²) in [4.78, 5) is 0. The molecule has 2 fully saturated rings. The second kappa shape index (κ2) is 6.92. The van der Waals surface area contributed by atoms with Gasteiger partial charge in [0.15, 0.2) is 0 Å². The van der Waals surface area contributed by atoms with Crippen LogP contribution in [0.1, 0.15) is 32.1 Å². The van der Waals surface area contributed by atoms with Crippen molar-refractivity contribution < 1.29 is 8.42 Å². The molecule has 4 nitrogen and oxygen atoms in total. The second-order valence-corrected chi connectivity index (χ2v) is 7.04. The fourth-order valence-electron chi connectivity index (χ4n) is 2.14. The van der Waals surface area contributed by atoms with Crippen LogP contribution in [-0.2, 0) is 10.0 Å². The highest BCUT2D eigenvalue weighted by Gasteiger charge is 2.24. The molecule has 1 aliphatic heterocycles. The molecule has 1 atom stereocenters. The van der Waals surface area contributed by atoms with Gasteiger partial charge in [-0.25, -0.2) is 13.1 Å². The number of piperidine rings is 1. The molecule has 2 N–H and O–H groups in total. The van der Waals surface area contributed by atoms with Crippen LogP contribution in [0.2, 0.25) is 0 Å². The third-order valence-electron chi connectivity index (χ3n) is 3.48. The fraction of sp³-hybridized carbons (Fsp3) is 1.00. The molecule has 1 saturated carbocycles. The normalized spacial score (nSPS) is 25.3. The van der Waals surface area contributed by atoms with Crippen LogP contribution in [0.4, 0.5) is 0 Å². The number of hydrogen-bond acceptors (Lipinski definition) is 3. The van der Waals surface area contributed by atoms with Crippen LogP contribution in [0.15, 0.2) is 0 Å². The Bertz CT molecular complexity index is 311. The molecule has 0 aromatic carbocycles. The van der Waals surface area contributed by atoms with E-state index in [4.69, 9.17) is 0 Å². The van der Waals surface area contributed by atoms with Gasteiger partial charge in [0.25, 0.3) is 0 Å². The van der Waals surface area contributed by atoms with E-state index in [1.165, 1.54) is 12.8 Å². The molecular weight excluding hydrogens is 260 g/mol. The van der Waals surface area contributed by atoms with Crippen molar-refractivity contribution in [2.45, 2.75) is 32.1 Å². The van der Waals surface area contributed by atoms with E-state index in [0.717, 1.165) is 32.4 Å². The van der Waals surface area contributed by atoms with Crippen LogP contribution >= 0.6 is 12.4 Å². The lowest BCUT2D eigenvalue weighted by Gasteiger charge is -2.22. The molecular formula is C11H23ClN2O2S. The minimum Gasteiger partial charge on any atom is -0.316 e. The Morgan fingerprint density at radius 1 is 1.18 bits per heavy atom. The van der Waals surface area contributed by atoms with Gasteiger partial charge in [0, 0.05) is 6.54 Å². The molecule has 1 saturated heterocycles. The van der Waals surface area contributed by atoms with Gasteiger partial charge in [-0.1, -0.05) is 12.8 Å². The highest BCUT2D eigenvalue weighted by atomic mass is 35.5. The average Bonchev–Trinajstić information content (AvgIpc) is 3.09. The first-order valence-corrected chi connectivity index (χ1v) is 7.99. The summed E-state index contributed by atoms with van der Waals surface area (Å²) in [6.07, 6.45) is 5.59. The second-order valence-electron chi connectivity index (χ2n) is 5.11. The summed E-state index contributed by atoms with van der Waals surface area (Å²) in [7, 11) is -3.01. The number of sulfonamides is 1. The standard InChI is InChI=1S/C11H22N2O2S.ClH/c14-16(15,7-5-10-3-4-10)13-9-11-2-1-6-12-8-11;/h10-13H,1-9H2;1H. The number of nitrogens with one attached hydrogen (secondary N) is 2. The molecule has 2 aliphatic rings. The van der Waals surface area contributed by atoms with Crippen LogP contribution in [0, 0.1) is 11.8 Å². The van der Waals surface area contributed by atoms with Crippen LogP contribution in [-0.4, -0.2) is 33.8 Å². The van der Waals surface area contributed by atoms with E-state index in [1.807, 2.05) is 0 Å². The highest BCUT2D eigenvalue weighted by molar-refractivity contribution is 7.89. The first kappa shape index (κ1) is 15.2. The van der Waals surface area contributed by atoms with Gasteiger partial charge in [-0.05, 0) is 44.2 Å². The molecule has 0 bridgehead atoms. The van der Waals surface area contributed by atoms with Gasteiger partial charge in [-0.2, -0.15) is 0 Å². The van der Waals surface area contributed by atoms with Crippen molar-refractivity contribution in [2.75, 3.05) is 25.4 Å². The maximum atomic E-state index is 11.7. The Balaban J connectivity index is 0.00000144. The zero-order valence-electron chi connectivity index (χ0n) is 10.2. The summed E-state index contributed by atoms with van der Waals surface area (Å²) >= 11 is 0. The maximum absolute atomic E-state index is 11.7. The summed E-state index contributed by atoms with van der Waals surface area (Å²) in [5.74, 6) is 1.48. The molecule has 2 rings (SSSR count). The van der Waals surface area contributed by atoms with E-state index < -0.39 is 10.0 Å². The predicted octanol–water partition coefficient (Wildman–Crippen LogP) is 1.13. The molecule has 0 aromatic heterocycles. The summed E-state index contributed by atoms with van der Waals surface area (Å²) < 4.78 is 26.1. The lowest BCUT2D eigenvalue weighted by molar-refractivity contribution is 0.375. The number of halogens is 1. The third-order valence-corrected chi connectivity index (χ3v) is 4.86. The Hall–Kier alpha value is 0.160. The Kier molecular flexibility index (Phi) is 6.20. The zero-order chi connectivity index (χ0) is 11.4. The molecule has 0 amide bonds. The fourth-order valence-corrected chi connectivity index (χ4v) is 3.42. The van der Waals surface area contributed by atoms with E-state index in [9.17, 15) is 8.42 Å². The van der Waals surface area contributed by atoms with E-state index in [1.54, 1.807) is 0 Å². The van der Waals surface area contributed by atoms with E-state index in [0.29, 0.717) is 24.1 Å². The lowest BCUT2D eigenvalue weighted by Crippen LogP contribution is -2.38. The van der Waals surface area contributed by atoms with Gasteiger partial charge in [-0.15, -0.1) is 12.4 Å². The molecule has 1 unspecified atom stereocenters.